The van der Waals surface area contributed by atoms with E-state index in [0.29, 0.717) is 70.4 Å². The average molecular weight is 800 g/mol. The quantitative estimate of drug-likeness (QED) is 0.0748. The molecule has 6 N–H and O–H groups in total. The first-order valence-electron chi connectivity index (χ1n) is 18.0. The highest BCUT2D eigenvalue weighted by Crippen LogP contribution is 2.46. The van der Waals surface area contributed by atoms with Gasteiger partial charge in [-0.05, 0) is 60.5 Å². The number of anilines is 5. The highest BCUT2D eigenvalue weighted by molar-refractivity contribution is 7.92. The molecule has 57 heavy (non-hydrogen) atoms. The third kappa shape index (κ3) is 10.4. The molecule has 0 spiro atoms. The van der Waals surface area contributed by atoms with E-state index in [2.05, 4.69) is 20.3 Å². The molecule has 0 fully saturated rings. The molecule has 302 valence electrons. The van der Waals surface area contributed by atoms with E-state index in [0.717, 1.165) is 11.8 Å². The maximum atomic E-state index is 13.4. The second kappa shape index (κ2) is 17.8. The number of aliphatic hydroxyl groups is 1. The standard InChI is InChI=1S/C41H49N7O8S/c1-41(2,3)26-22-32(46-57(7,52)53)38(55-6)34(23-26)48(40(42)51)33-14-15-35(30-11-9-8-10-29(30)33)56-28-16-17-43-37(25-28)45-27-12-13-31(36(24-27)54-5)39(50)44-18-19-47(4)20-21-49/h8-17,22-25,46,49H,18-21H2,1-7H3,(H2,42,51)(H,43,45)(H,44,50). The maximum Gasteiger partial charge on any atom is 0.324 e. The summed E-state index contributed by atoms with van der Waals surface area (Å²) in [6, 6.07) is 21.9. The Bertz CT molecular complexity index is 2370. The summed E-state index contributed by atoms with van der Waals surface area (Å²) in [6.07, 6.45) is 2.63. The van der Waals surface area contributed by atoms with Crippen molar-refractivity contribution in [1.82, 2.24) is 15.2 Å². The van der Waals surface area contributed by atoms with Crippen molar-refractivity contribution in [3.8, 4) is 23.0 Å². The molecule has 0 aliphatic heterocycles. The van der Waals surface area contributed by atoms with E-state index in [1.165, 1.54) is 19.1 Å². The lowest BCUT2D eigenvalue weighted by molar-refractivity contribution is 0.0946. The number of fused-ring (bicyclic) bond motifs is 1. The first kappa shape index (κ1) is 42.1. The normalized spacial score (nSPS) is 11.6. The van der Waals surface area contributed by atoms with Crippen LogP contribution in [-0.2, 0) is 15.4 Å². The minimum Gasteiger partial charge on any atom is -0.496 e. The second-order valence-electron chi connectivity index (χ2n) is 14.3. The molecule has 0 aliphatic carbocycles. The molecular formula is C41H49N7O8S. The fraction of sp³-hybridized carbons (Fsp3) is 0.293. The SMILES string of the molecule is COc1cc(Nc2cc(Oc3ccc(N(C(N)=O)c4cc(C(C)(C)C)cc(NS(C)(=O)=O)c4OC)c4ccccc34)ccn2)ccc1C(=O)NCCN(C)CCO. The van der Waals surface area contributed by atoms with Crippen LogP contribution in [0, 0.1) is 0 Å². The molecule has 5 aromatic rings. The van der Waals surface area contributed by atoms with E-state index < -0.39 is 21.5 Å². The van der Waals surface area contributed by atoms with Crippen molar-refractivity contribution in [2.75, 3.05) is 68.7 Å². The monoisotopic (exact) mass is 799 g/mol. The number of amides is 3. The first-order valence-corrected chi connectivity index (χ1v) is 19.9. The van der Waals surface area contributed by atoms with Crippen LogP contribution >= 0.6 is 0 Å². The van der Waals surface area contributed by atoms with E-state index in [1.54, 1.807) is 60.8 Å². The number of hydrogen-bond acceptors (Lipinski definition) is 11. The van der Waals surface area contributed by atoms with Crippen LogP contribution in [0.1, 0.15) is 36.7 Å². The fourth-order valence-electron chi connectivity index (χ4n) is 6.12. The van der Waals surface area contributed by atoms with Gasteiger partial charge in [-0.1, -0.05) is 45.0 Å². The minimum absolute atomic E-state index is 0.0418. The Morgan fingerprint density at radius 1 is 0.895 bits per heavy atom. The zero-order valence-electron chi connectivity index (χ0n) is 33.0. The number of hydrogen-bond donors (Lipinski definition) is 5. The van der Waals surface area contributed by atoms with Crippen LogP contribution in [0.3, 0.4) is 0 Å². The number of pyridine rings is 1. The van der Waals surface area contributed by atoms with Crippen molar-refractivity contribution in [3.63, 3.8) is 0 Å². The number of ether oxygens (including phenoxy) is 3. The smallest absolute Gasteiger partial charge is 0.324 e. The van der Waals surface area contributed by atoms with E-state index in [4.69, 9.17) is 25.1 Å². The Morgan fingerprint density at radius 3 is 2.28 bits per heavy atom. The molecule has 0 saturated heterocycles. The van der Waals surface area contributed by atoms with Crippen LogP contribution in [0.15, 0.2) is 85.1 Å². The summed E-state index contributed by atoms with van der Waals surface area (Å²) in [5, 5.41) is 16.5. The van der Waals surface area contributed by atoms with Gasteiger partial charge in [0, 0.05) is 54.4 Å². The molecule has 1 aromatic heterocycles. The molecule has 0 unspecified atom stereocenters. The second-order valence-corrected chi connectivity index (χ2v) is 16.1. The summed E-state index contributed by atoms with van der Waals surface area (Å²) >= 11 is 0. The molecular weight excluding hydrogens is 751 g/mol. The van der Waals surface area contributed by atoms with E-state index in [9.17, 15) is 18.0 Å². The van der Waals surface area contributed by atoms with Crippen molar-refractivity contribution < 1.29 is 37.3 Å². The number of carbonyl (C=O) groups is 2. The van der Waals surface area contributed by atoms with Gasteiger partial charge < -0.3 is 40.6 Å². The Balaban J connectivity index is 1.45. The van der Waals surface area contributed by atoms with Gasteiger partial charge in [-0.25, -0.2) is 18.2 Å². The lowest BCUT2D eigenvalue weighted by Crippen LogP contribution is -2.34. The number of sulfonamides is 1. The highest BCUT2D eigenvalue weighted by Gasteiger charge is 2.28. The summed E-state index contributed by atoms with van der Waals surface area (Å²) in [5.74, 6) is 1.60. The molecule has 0 radical (unpaired) electrons. The van der Waals surface area contributed by atoms with Crippen LogP contribution < -0.4 is 40.2 Å². The van der Waals surface area contributed by atoms with Gasteiger partial charge in [-0.2, -0.15) is 0 Å². The fourth-order valence-corrected chi connectivity index (χ4v) is 6.67. The molecule has 16 heteroatoms. The minimum atomic E-state index is -3.72. The number of aliphatic hydroxyl groups excluding tert-OH is 1. The van der Waals surface area contributed by atoms with Crippen molar-refractivity contribution in [2.45, 2.75) is 26.2 Å². The van der Waals surface area contributed by atoms with Crippen LogP contribution in [0.5, 0.6) is 23.0 Å². The summed E-state index contributed by atoms with van der Waals surface area (Å²) in [6.45, 7) is 7.45. The summed E-state index contributed by atoms with van der Waals surface area (Å²) < 4.78 is 45.0. The Morgan fingerprint density at radius 2 is 1.63 bits per heavy atom. The van der Waals surface area contributed by atoms with Gasteiger partial charge in [0.2, 0.25) is 10.0 Å². The molecule has 5 rings (SSSR count). The van der Waals surface area contributed by atoms with Crippen LogP contribution in [0.25, 0.3) is 10.8 Å². The van der Waals surface area contributed by atoms with E-state index in [1.807, 2.05) is 57.0 Å². The van der Waals surface area contributed by atoms with Gasteiger partial charge in [0.25, 0.3) is 5.91 Å². The lowest BCUT2D eigenvalue weighted by atomic mass is 9.86. The zero-order chi connectivity index (χ0) is 41.5. The number of likely N-dealkylation sites (N-methyl/N-ethyl adjacent to an activating group) is 1. The van der Waals surface area contributed by atoms with E-state index in [-0.39, 0.29) is 29.6 Å². The van der Waals surface area contributed by atoms with Gasteiger partial charge in [0.15, 0.2) is 5.75 Å². The van der Waals surface area contributed by atoms with Crippen molar-refractivity contribution in [2.24, 2.45) is 5.73 Å². The van der Waals surface area contributed by atoms with E-state index >= 15 is 0 Å². The van der Waals surface area contributed by atoms with Gasteiger partial charge in [-0.15, -0.1) is 0 Å². The Hall–Kier alpha value is -6.10. The number of nitrogens with zero attached hydrogens (tertiary/aromatic N) is 3. The molecule has 0 saturated carbocycles. The number of primary amides is 1. The highest BCUT2D eigenvalue weighted by atomic mass is 32.2. The van der Waals surface area contributed by atoms with Crippen molar-refractivity contribution in [1.29, 1.82) is 0 Å². The number of benzene rings is 4. The molecule has 15 nitrogen and oxygen atoms in total. The van der Waals surface area contributed by atoms with Gasteiger partial charge in [0.1, 0.15) is 23.1 Å². The predicted octanol–water partition coefficient (Wildman–Crippen LogP) is 6.33. The van der Waals surface area contributed by atoms with Gasteiger partial charge >= 0.3 is 6.03 Å². The molecule has 0 atom stereocenters. The van der Waals surface area contributed by atoms with Crippen molar-refractivity contribution in [3.05, 3.63) is 96.2 Å². The number of methoxy groups -OCH3 is 2. The van der Waals surface area contributed by atoms with Gasteiger partial charge in [0.05, 0.1) is 49.7 Å². The lowest BCUT2D eigenvalue weighted by Gasteiger charge is -2.29. The van der Waals surface area contributed by atoms with Crippen LogP contribution in [0.2, 0.25) is 0 Å². The number of urea groups is 1. The Kier molecular flexibility index (Phi) is 13.1. The largest absolute Gasteiger partial charge is 0.496 e. The third-order valence-corrected chi connectivity index (χ3v) is 9.53. The number of aromatic nitrogens is 1. The number of nitrogens with one attached hydrogen (secondary N) is 3. The molecule has 1 heterocycles. The zero-order valence-corrected chi connectivity index (χ0v) is 33.9. The topological polar surface area (TPSA) is 198 Å². The number of rotatable bonds is 16. The summed E-state index contributed by atoms with van der Waals surface area (Å²) in [7, 11) is 1.02. The molecule has 0 bridgehead atoms. The third-order valence-electron chi connectivity index (χ3n) is 8.94. The number of nitrogens with two attached hydrogens (primary N) is 1. The van der Waals surface area contributed by atoms with Crippen LogP contribution in [0.4, 0.5) is 33.4 Å². The van der Waals surface area contributed by atoms with Crippen molar-refractivity contribution >= 4 is 61.3 Å². The van der Waals surface area contributed by atoms with Gasteiger partial charge in [-0.3, -0.25) is 14.4 Å². The predicted molar refractivity (Wildman–Crippen MR) is 223 cm³/mol. The summed E-state index contributed by atoms with van der Waals surface area (Å²) in [4.78, 5) is 33.9. The summed E-state index contributed by atoms with van der Waals surface area (Å²) in [5.41, 5.74) is 8.19. The molecule has 3 amide bonds. The number of carbonyl (C=O) groups excluding carboxylic acids is 2. The average Bonchev–Trinajstić information content (AvgIpc) is 3.14. The first-order chi connectivity index (χ1) is 27.0. The Labute approximate surface area is 332 Å². The molecule has 4 aromatic carbocycles. The van der Waals surface area contributed by atoms with Crippen LogP contribution in [-0.4, -0.2) is 89.1 Å². The maximum absolute atomic E-state index is 13.4. The molecule has 0 aliphatic rings.